The average molecular weight is 287 g/mol. The van der Waals surface area contributed by atoms with Crippen LogP contribution in [0.2, 0.25) is 0 Å². The predicted molar refractivity (Wildman–Crippen MR) is 76.7 cm³/mol. The van der Waals surface area contributed by atoms with Gasteiger partial charge in [0.05, 0.1) is 24.8 Å². The summed E-state index contributed by atoms with van der Waals surface area (Å²) in [6.07, 6.45) is 3.01. The summed E-state index contributed by atoms with van der Waals surface area (Å²) in [5, 5.41) is 28.9. The van der Waals surface area contributed by atoms with Gasteiger partial charge in [0.15, 0.2) is 0 Å². The summed E-state index contributed by atoms with van der Waals surface area (Å²) >= 11 is 0. The molecular formula is C16H17NO4. The van der Waals surface area contributed by atoms with Crippen LogP contribution in [-0.2, 0) is 4.74 Å². The number of hydrogen-bond donors (Lipinski definition) is 2. The molecule has 0 amide bonds. The van der Waals surface area contributed by atoms with Crippen molar-refractivity contribution in [2.45, 2.75) is 19.4 Å². The van der Waals surface area contributed by atoms with Crippen LogP contribution in [0.25, 0.3) is 6.08 Å². The van der Waals surface area contributed by atoms with E-state index in [0.29, 0.717) is 5.56 Å². The van der Waals surface area contributed by atoms with Crippen LogP contribution in [0.5, 0.6) is 0 Å². The minimum atomic E-state index is -1.39. The summed E-state index contributed by atoms with van der Waals surface area (Å²) in [7, 11) is 0. The Morgan fingerprint density at radius 2 is 2.19 bits per heavy atom. The largest absolute Gasteiger partial charge is 0.478 e. The molecule has 0 unspecified atom stereocenters. The van der Waals surface area contributed by atoms with Crippen molar-refractivity contribution >= 4 is 12.0 Å². The highest BCUT2D eigenvalue weighted by molar-refractivity contribution is 5.92. The summed E-state index contributed by atoms with van der Waals surface area (Å²) in [6, 6.07) is 7.15. The molecule has 1 heterocycles. The van der Waals surface area contributed by atoms with E-state index in [4.69, 9.17) is 4.74 Å². The van der Waals surface area contributed by atoms with Gasteiger partial charge in [-0.15, -0.1) is 0 Å². The lowest BCUT2D eigenvalue weighted by molar-refractivity contribution is -0.162. The summed E-state index contributed by atoms with van der Waals surface area (Å²) in [4.78, 5) is 11.3. The van der Waals surface area contributed by atoms with Gasteiger partial charge in [-0.25, -0.2) is 4.79 Å². The predicted octanol–water partition coefficient (Wildman–Crippen LogP) is 2.00. The van der Waals surface area contributed by atoms with Crippen LogP contribution in [0.3, 0.4) is 0 Å². The molecule has 1 fully saturated rings. The zero-order chi connectivity index (χ0) is 15.7. The highest BCUT2D eigenvalue weighted by Gasteiger charge is 2.52. The monoisotopic (exact) mass is 287 g/mol. The molecule has 0 radical (unpaired) electrons. The van der Waals surface area contributed by atoms with Crippen molar-refractivity contribution in [3.8, 4) is 6.07 Å². The van der Waals surface area contributed by atoms with Crippen molar-refractivity contribution in [2.24, 2.45) is 5.41 Å². The van der Waals surface area contributed by atoms with Crippen LogP contribution in [0, 0.1) is 23.7 Å². The molecule has 1 atom stereocenters. The van der Waals surface area contributed by atoms with Gasteiger partial charge in [-0.3, -0.25) is 0 Å². The molecule has 0 bridgehead atoms. The number of aromatic carboxylic acids is 1. The molecule has 1 aromatic carbocycles. The zero-order valence-corrected chi connectivity index (χ0v) is 12.0. The SMILES string of the molecule is Cc1ccc(/C=C/[C@@](C)(O)C2(C#N)COC2)c(C(=O)O)c1. The molecule has 1 aromatic rings. The first-order chi connectivity index (χ1) is 9.81. The smallest absolute Gasteiger partial charge is 0.336 e. The third kappa shape index (κ3) is 2.68. The molecule has 1 aliphatic heterocycles. The van der Waals surface area contributed by atoms with Crippen molar-refractivity contribution in [1.29, 1.82) is 5.26 Å². The lowest BCUT2D eigenvalue weighted by Crippen LogP contribution is -2.56. The molecular weight excluding hydrogens is 270 g/mol. The highest BCUT2D eigenvalue weighted by atomic mass is 16.5. The second-order valence-electron chi connectivity index (χ2n) is 5.56. The number of carbonyl (C=O) groups is 1. The van der Waals surface area contributed by atoms with Gasteiger partial charge in [-0.1, -0.05) is 29.8 Å². The van der Waals surface area contributed by atoms with Crippen LogP contribution in [0.4, 0.5) is 0 Å². The van der Waals surface area contributed by atoms with Gasteiger partial charge in [0.25, 0.3) is 0 Å². The van der Waals surface area contributed by atoms with Gasteiger partial charge in [0.2, 0.25) is 0 Å². The van der Waals surface area contributed by atoms with E-state index in [1.165, 1.54) is 13.0 Å². The topological polar surface area (TPSA) is 90.5 Å². The molecule has 0 aromatic heterocycles. The number of aryl methyl sites for hydroxylation is 1. The number of hydrogen-bond acceptors (Lipinski definition) is 4. The van der Waals surface area contributed by atoms with E-state index >= 15 is 0 Å². The quantitative estimate of drug-likeness (QED) is 0.883. The normalized spacial score (nSPS) is 19.5. The first-order valence-electron chi connectivity index (χ1n) is 6.56. The minimum absolute atomic E-state index is 0.165. The first kappa shape index (κ1) is 15.2. The maximum Gasteiger partial charge on any atom is 0.336 e. The average Bonchev–Trinajstić information content (AvgIpc) is 2.36. The molecule has 0 spiro atoms. The van der Waals surface area contributed by atoms with Crippen molar-refractivity contribution in [3.05, 3.63) is 41.0 Å². The molecule has 1 aliphatic rings. The van der Waals surface area contributed by atoms with Crippen molar-refractivity contribution in [3.63, 3.8) is 0 Å². The Morgan fingerprint density at radius 1 is 1.52 bits per heavy atom. The summed E-state index contributed by atoms with van der Waals surface area (Å²) < 4.78 is 5.03. The van der Waals surface area contributed by atoms with E-state index in [0.717, 1.165) is 5.56 Å². The fourth-order valence-corrected chi connectivity index (χ4v) is 2.19. The van der Waals surface area contributed by atoms with E-state index in [1.54, 1.807) is 24.3 Å². The summed E-state index contributed by atoms with van der Waals surface area (Å²) in [5.74, 6) is -1.03. The van der Waals surface area contributed by atoms with E-state index in [2.05, 4.69) is 6.07 Å². The maximum absolute atomic E-state index is 11.3. The van der Waals surface area contributed by atoms with Gasteiger partial charge in [-0.2, -0.15) is 5.26 Å². The Kier molecular flexibility index (Phi) is 3.86. The number of nitriles is 1. The Morgan fingerprint density at radius 3 is 2.67 bits per heavy atom. The lowest BCUT2D eigenvalue weighted by atomic mass is 9.72. The van der Waals surface area contributed by atoms with E-state index in [9.17, 15) is 20.3 Å². The molecule has 5 nitrogen and oxygen atoms in total. The number of nitrogens with zero attached hydrogens (tertiary/aromatic N) is 1. The van der Waals surface area contributed by atoms with Crippen LogP contribution < -0.4 is 0 Å². The second kappa shape index (κ2) is 5.32. The minimum Gasteiger partial charge on any atom is -0.478 e. The van der Waals surface area contributed by atoms with Crippen molar-refractivity contribution in [1.82, 2.24) is 0 Å². The molecule has 21 heavy (non-hydrogen) atoms. The van der Waals surface area contributed by atoms with Crippen LogP contribution >= 0.6 is 0 Å². The molecule has 110 valence electrons. The van der Waals surface area contributed by atoms with Gasteiger partial charge in [0.1, 0.15) is 11.0 Å². The highest BCUT2D eigenvalue weighted by Crippen LogP contribution is 2.39. The number of aliphatic hydroxyl groups is 1. The molecule has 1 saturated heterocycles. The van der Waals surface area contributed by atoms with Crippen molar-refractivity contribution < 1.29 is 19.7 Å². The second-order valence-corrected chi connectivity index (χ2v) is 5.56. The Balaban J connectivity index is 2.34. The Hall–Kier alpha value is -2.16. The maximum atomic E-state index is 11.3. The van der Waals surface area contributed by atoms with Gasteiger partial charge >= 0.3 is 5.97 Å². The lowest BCUT2D eigenvalue weighted by Gasteiger charge is -2.44. The summed E-state index contributed by atoms with van der Waals surface area (Å²) in [5.41, 5.74) is -0.866. The Bertz CT molecular complexity index is 636. The fraction of sp³-hybridized carbons (Fsp3) is 0.375. The number of carboxylic acids is 1. The summed E-state index contributed by atoms with van der Waals surface area (Å²) in [6.45, 7) is 3.68. The number of rotatable bonds is 4. The van der Waals surface area contributed by atoms with Crippen LogP contribution in [0.1, 0.15) is 28.4 Å². The van der Waals surface area contributed by atoms with E-state index in [1.807, 2.05) is 6.92 Å². The molecule has 0 saturated carbocycles. The molecule has 5 heteroatoms. The number of carboxylic acid groups (broad SMARTS) is 1. The third-order valence-corrected chi connectivity index (χ3v) is 3.91. The fourth-order valence-electron chi connectivity index (χ4n) is 2.19. The molecule has 2 rings (SSSR count). The van der Waals surface area contributed by atoms with Crippen LogP contribution in [0.15, 0.2) is 24.3 Å². The number of benzene rings is 1. The van der Waals surface area contributed by atoms with Gasteiger partial charge in [0, 0.05) is 0 Å². The Labute approximate surface area is 123 Å². The van der Waals surface area contributed by atoms with E-state index < -0.39 is 17.0 Å². The standard InChI is InChI=1S/C16H17NO4/c1-11-3-4-12(13(7-11)14(18)19)5-6-15(2,20)16(8-17)9-21-10-16/h3-7,20H,9-10H2,1-2H3,(H,18,19)/b6-5+/t15-/m1/s1. The first-order valence-corrected chi connectivity index (χ1v) is 6.56. The molecule has 0 aliphatic carbocycles. The van der Waals surface area contributed by atoms with E-state index in [-0.39, 0.29) is 18.8 Å². The zero-order valence-electron chi connectivity index (χ0n) is 12.0. The molecule has 2 N–H and O–H groups in total. The third-order valence-electron chi connectivity index (χ3n) is 3.91. The van der Waals surface area contributed by atoms with Gasteiger partial charge in [-0.05, 0) is 25.5 Å². The number of ether oxygens (including phenoxy) is 1. The van der Waals surface area contributed by atoms with Crippen molar-refractivity contribution in [2.75, 3.05) is 13.2 Å². The van der Waals surface area contributed by atoms with Gasteiger partial charge < -0.3 is 14.9 Å². The van der Waals surface area contributed by atoms with Crippen LogP contribution in [-0.4, -0.2) is 35.0 Å².